The largest absolute Gasteiger partial charge is 0.273 e. The van der Waals surface area contributed by atoms with E-state index in [4.69, 9.17) is 5.14 Å². The van der Waals surface area contributed by atoms with Crippen molar-refractivity contribution in [3.05, 3.63) is 11.9 Å². The minimum atomic E-state index is 1.07. The number of nitrogens with zero attached hydrogens (tertiary/aromatic N) is 2. The Balaban J connectivity index is 2.32. The minimum Gasteiger partial charge on any atom is -0.273 e. The SMILES string of the molecule is NSc1cnn2c1CCCCC2. The summed E-state index contributed by atoms with van der Waals surface area (Å²) in [6, 6.07) is 0. The molecular formula is C8H13N3S. The van der Waals surface area contributed by atoms with E-state index in [0.717, 1.165) is 17.9 Å². The van der Waals surface area contributed by atoms with Gasteiger partial charge in [0.15, 0.2) is 0 Å². The highest BCUT2D eigenvalue weighted by Gasteiger charge is 2.12. The molecule has 2 N–H and O–H groups in total. The third kappa shape index (κ3) is 1.36. The fourth-order valence-corrected chi connectivity index (χ4v) is 2.12. The molecule has 0 radical (unpaired) electrons. The highest BCUT2D eigenvalue weighted by atomic mass is 32.2. The topological polar surface area (TPSA) is 43.8 Å². The van der Waals surface area contributed by atoms with E-state index in [-0.39, 0.29) is 0 Å². The fraction of sp³-hybridized carbons (Fsp3) is 0.625. The Morgan fingerprint density at radius 2 is 2.33 bits per heavy atom. The van der Waals surface area contributed by atoms with E-state index in [1.165, 1.54) is 36.9 Å². The van der Waals surface area contributed by atoms with E-state index in [9.17, 15) is 0 Å². The molecule has 0 unspecified atom stereocenters. The van der Waals surface area contributed by atoms with E-state index in [1.54, 1.807) is 0 Å². The average Bonchev–Trinajstić information content (AvgIpc) is 2.33. The van der Waals surface area contributed by atoms with Gasteiger partial charge >= 0.3 is 0 Å². The molecule has 1 aliphatic rings. The Labute approximate surface area is 76.5 Å². The number of nitrogens with two attached hydrogens (primary N) is 1. The molecule has 0 saturated heterocycles. The number of aromatic nitrogens is 2. The molecule has 0 aromatic carbocycles. The van der Waals surface area contributed by atoms with Crippen LogP contribution in [0.15, 0.2) is 11.1 Å². The Morgan fingerprint density at radius 3 is 3.17 bits per heavy atom. The van der Waals surface area contributed by atoms with Gasteiger partial charge in [-0.05, 0) is 31.2 Å². The Morgan fingerprint density at radius 1 is 1.42 bits per heavy atom. The monoisotopic (exact) mass is 183 g/mol. The zero-order valence-electron chi connectivity index (χ0n) is 6.99. The van der Waals surface area contributed by atoms with Crippen molar-refractivity contribution in [2.24, 2.45) is 5.14 Å². The van der Waals surface area contributed by atoms with Gasteiger partial charge in [0.05, 0.1) is 16.8 Å². The van der Waals surface area contributed by atoms with Gasteiger partial charge in [-0.25, -0.2) is 0 Å². The second-order valence-electron chi connectivity index (χ2n) is 3.11. The van der Waals surface area contributed by atoms with Crippen molar-refractivity contribution in [2.45, 2.75) is 37.1 Å². The first-order valence-corrected chi connectivity index (χ1v) is 5.21. The van der Waals surface area contributed by atoms with Crippen LogP contribution in [0.2, 0.25) is 0 Å². The van der Waals surface area contributed by atoms with Crippen LogP contribution in [0.5, 0.6) is 0 Å². The van der Waals surface area contributed by atoms with Gasteiger partial charge in [0.2, 0.25) is 0 Å². The maximum atomic E-state index is 5.53. The van der Waals surface area contributed by atoms with Crippen LogP contribution in [0.25, 0.3) is 0 Å². The predicted molar refractivity (Wildman–Crippen MR) is 49.8 cm³/mol. The summed E-state index contributed by atoms with van der Waals surface area (Å²) in [7, 11) is 0. The fourth-order valence-electron chi connectivity index (χ4n) is 1.67. The van der Waals surface area contributed by atoms with Crippen LogP contribution < -0.4 is 5.14 Å². The summed E-state index contributed by atoms with van der Waals surface area (Å²) in [6.45, 7) is 1.07. The molecule has 3 nitrogen and oxygen atoms in total. The lowest BCUT2D eigenvalue weighted by Crippen LogP contribution is -2.02. The molecule has 0 atom stereocenters. The summed E-state index contributed by atoms with van der Waals surface area (Å²) in [6.07, 6.45) is 6.87. The minimum absolute atomic E-state index is 1.07. The van der Waals surface area contributed by atoms with Crippen molar-refractivity contribution in [1.82, 2.24) is 9.78 Å². The van der Waals surface area contributed by atoms with Crippen molar-refractivity contribution in [3.63, 3.8) is 0 Å². The molecule has 2 rings (SSSR count). The van der Waals surface area contributed by atoms with Crippen LogP contribution in [-0.4, -0.2) is 9.78 Å². The molecule has 66 valence electrons. The molecule has 0 fully saturated rings. The predicted octanol–water partition coefficient (Wildman–Crippen LogP) is 1.58. The lowest BCUT2D eigenvalue weighted by molar-refractivity contribution is 0.575. The Bertz CT molecular complexity index is 269. The van der Waals surface area contributed by atoms with Gasteiger partial charge in [0, 0.05) is 6.54 Å². The van der Waals surface area contributed by atoms with Gasteiger partial charge in [-0.2, -0.15) is 5.10 Å². The van der Waals surface area contributed by atoms with Crippen LogP contribution in [0.1, 0.15) is 25.0 Å². The number of fused-ring (bicyclic) bond motifs is 1. The van der Waals surface area contributed by atoms with Crippen molar-refractivity contribution >= 4 is 11.9 Å². The van der Waals surface area contributed by atoms with Gasteiger partial charge < -0.3 is 0 Å². The lowest BCUT2D eigenvalue weighted by Gasteiger charge is -2.01. The van der Waals surface area contributed by atoms with Crippen LogP contribution in [-0.2, 0) is 13.0 Å². The van der Waals surface area contributed by atoms with E-state index in [1.807, 2.05) is 6.20 Å². The first-order valence-electron chi connectivity index (χ1n) is 4.33. The molecule has 1 aromatic rings. The van der Waals surface area contributed by atoms with Crippen molar-refractivity contribution < 1.29 is 0 Å². The summed E-state index contributed by atoms with van der Waals surface area (Å²) in [4.78, 5) is 1.15. The molecule has 4 heteroatoms. The van der Waals surface area contributed by atoms with Gasteiger partial charge in [0.1, 0.15) is 0 Å². The smallest absolute Gasteiger partial charge is 0.0642 e. The first-order chi connectivity index (χ1) is 5.92. The molecule has 0 spiro atoms. The normalized spacial score (nSPS) is 17.1. The van der Waals surface area contributed by atoms with Crippen molar-refractivity contribution in [2.75, 3.05) is 0 Å². The zero-order chi connectivity index (χ0) is 8.39. The molecule has 0 aliphatic carbocycles. The summed E-state index contributed by atoms with van der Waals surface area (Å²) in [5.74, 6) is 0. The maximum Gasteiger partial charge on any atom is 0.0642 e. The molecule has 1 aromatic heterocycles. The third-order valence-electron chi connectivity index (χ3n) is 2.32. The average molecular weight is 183 g/mol. The molecule has 0 saturated carbocycles. The van der Waals surface area contributed by atoms with Gasteiger partial charge in [-0.15, -0.1) is 0 Å². The highest BCUT2D eigenvalue weighted by molar-refractivity contribution is 7.97. The van der Waals surface area contributed by atoms with Gasteiger partial charge in [0.25, 0.3) is 0 Å². The zero-order valence-corrected chi connectivity index (χ0v) is 7.81. The molecule has 0 amide bonds. The Hall–Kier alpha value is -0.480. The molecular weight excluding hydrogens is 170 g/mol. The van der Waals surface area contributed by atoms with E-state index < -0.39 is 0 Å². The van der Waals surface area contributed by atoms with Gasteiger partial charge in [-0.1, -0.05) is 6.42 Å². The summed E-state index contributed by atoms with van der Waals surface area (Å²) >= 11 is 1.32. The van der Waals surface area contributed by atoms with E-state index in [0.29, 0.717) is 0 Å². The van der Waals surface area contributed by atoms with Crippen LogP contribution in [0, 0.1) is 0 Å². The maximum absolute atomic E-state index is 5.53. The molecule has 0 bridgehead atoms. The number of aryl methyl sites for hydroxylation is 1. The quantitative estimate of drug-likeness (QED) is 0.672. The number of rotatable bonds is 1. The van der Waals surface area contributed by atoms with Gasteiger partial charge in [-0.3, -0.25) is 9.82 Å². The Kier molecular flexibility index (Phi) is 2.37. The third-order valence-corrected chi connectivity index (χ3v) is 2.92. The number of hydrogen-bond donors (Lipinski definition) is 1. The summed E-state index contributed by atoms with van der Waals surface area (Å²) < 4.78 is 2.10. The number of hydrogen-bond acceptors (Lipinski definition) is 3. The second-order valence-corrected chi connectivity index (χ2v) is 3.78. The van der Waals surface area contributed by atoms with Crippen molar-refractivity contribution in [3.8, 4) is 0 Å². The van der Waals surface area contributed by atoms with E-state index >= 15 is 0 Å². The molecule has 2 heterocycles. The standard InChI is InChI=1S/C8H13N3S/c9-12-8-6-10-11-5-3-1-2-4-7(8)11/h6H,1-5,9H2. The molecule has 12 heavy (non-hydrogen) atoms. The lowest BCUT2D eigenvalue weighted by atomic mass is 10.2. The van der Waals surface area contributed by atoms with E-state index in [2.05, 4.69) is 9.78 Å². The highest BCUT2D eigenvalue weighted by Crippen LogP contribution is 2.22. The summed E-state index contributed by atoms with van der Waals surface area (Å²) in [5, 5.41) is 9.84. The van der Waals surface area contributed by atoms with Crippen LogP contribution >= 0.6 is 11.9 Å². The molecule has 1 aliphatic heterocycles. The van der Waals surface area contributed by atoms with Crippen LogP contribution in [0.4, 0.5) is 0 Å². The summed E-state index contributed by atoms with van der Waals surface area (Å²) in [5.41, 5.74) is 1.33. The second kappa shape index (κ2) is 3.49. The van der Waals surface area contributed by atoms with Crippen molar-refractivity contribution in [1.29, 1.82) is 0 Å². The first kappa shape index (κ1) is 8.13. The van der Waals surface area contributed by atoms with Crippen LogP contribution in [0.3, 0.4) is 0 Å².